The van der Waals surface area contributed by atoms with E-state index >= 15 is 0 Å². The molecular formula is C16H13NO5. The van der Waals surface area contributed by atoms with Crippen LogP contribution >= 0.6 is 0 Å². The number of hydrogen-bond donors (Lipinski definition) is 1. The number of nitro benzene ring substituents is 1. The molecule has 22 heavy (non-hydrogen) atoms. The van der Waals surface area contributed by atoms with Crippen LogP contribution in [0.5, 0.6) is 0 Å². The molecule has 0 spiro atoms. The van der Waals surface area contributed by atoms with Crippen molar-refractivity contribution in [2.24, 2.45) is 0 Å². The van der Waals surface area contributed by atoms with E-state index in [2.05, 4.69) is 0 Å². The summed E-state index contributed by atoms with van der Waals surface area (Å²) >= 11 is 0. The van der Waals surface area contributed by atoms with Crippen LogP contribution in [0.3, 0.4) is 0 Å². The molecule has 0 fully saturated rings. The summed E-state index contributed by atoms with van der Waals surface area (Å²) in [7, 11) is 0. The lowest BCUT2D eigenvalue weighted by atomic mass is 10.00. The Morgan fingerprint density at radius 3 is 2.23 bits per heavy atom. The Kier molecular flexibility index (Phi) is 4.63. The van der Waals surface area contributed by atoms with E-state index in [-0.39, 0.29) is 24.3 Å². The largest absolute Gasteiger partial charge is 0.481 e. The number of nitrogens with zero attached hydrogens (tertiary/aromatic N) is 1. The number of benzene rings is 2. The molecule has 6 heteroatoms. The summed E-state index contributed by atoms with van der Waals surface area (Å²) in [5, 5.41) is 19.6. The molecule has 0 aromatic heterocycles. The van der Waals surface area contributed by atoms with Crippen molar-refractivity contribution in [3.8, 4) is 11.1 Å². The van der Waals surface area contributed by atoms with Crippen LogP contribution in [-0.2, 0) is 4.79 Å². The van der Waals surface area contributed by atoms with Crippen molar-refractivity contribution in [2.75, 3.05) is 0 Å². The number of para-hydroxylation sites is 1. The predicted octanol–water partition coefficient (Wildman–Crippen LogP) is 3.31. The van der Waals surface area contributed by atoms with Crippen molar-refractivity contribution >= 4 is 17.4 Å². The van der Waals surface area contributed by atoms with Gasteiger partial charge < -0.3 is 5.11 Å². The first-order chi connectivity index (χ1) is 10.5. The molecule has 112 valence electrons. The molecule has 0 unspecified atom stereocenters. The van der Waals surface area contributed by atoms with Gasteiger partial charge in [0.25, 0.3) is 5.69 Å². The van der Waals surface area contributed by atoms with Gasteiger partial charge >= 0.3 is 5.97 Å². The van der Waals surface area contributed by atoms with Gasteiger partial charge in [-0.05, 0) is 11.6 Å². The number of aliphatic carboxylic acids is 1. The highest BCUT2D eigenvalue weighted by atomic mass is 16.6. The molecule has 0 atom stereocenters. The van der Waals surface area contributed by atoms with Crippen LogP contribution in [0.1, 0.15) is 23.2 Å². The zero-order chi connectivity index (χ0) is 16.1. The van der Waals surface area contributed by atoms with Crippen molar-refractivity contribution in [1.29, 1.82) is 0 Å². The number of carboxylic acids is 1. The Balaban J connectivity index is 2.24. The normalized spacial score (nSPS) is 10.2. The summed E-state index contributed by atoms with van der Waals surface area (Å²) in [6.07, 6.45) is -0.287. The van der Waals surface area contributed by atoms with E-state index in [1.807, 2.05) is 0 Å². The third-order valence-corrected chi connectivity index (χ3v) is 3.18. The average molecular weight is 299 g/mol. The minimum absolute atomic E-state index is 0.00699. The van der Waals surface area contributed by atoms with Gasteiger partial charge in [-0.25, -0.2) is 0 Å². The first-order valence-electron chi connectivity index (χ1n) is 6.58. The number of hydrogen-bond acceptors (Lipinski definition) is 4. The molecule has 0 amide bonds. The van der Waals surface area contributed by atoms with Gasteiger partial charge in [0.2, 0.25) is 0 Å². The van der Waals surface area contributed by atoms with Gasteiger partial charge in [0.1, 0.15) is 0 Å². The van der Waals surface area contributed by atoms with E-state index in [0.29, 0.717) is 16.7 Å². The lowest BCUT2D eigenvalue weighted by Crippen LogP contribution is -2.03. The van der Waals surface area contributed by atoms with Gasteiger partial charge in [-0.15, -0.1) is 0 Å². The third kappa shape index (κ3) is 3.54. The second kappa shape index (κ2) is 6.62. The van der Waals surface area contributed by atoms with Gasteiger partial charge in [-0.1, -0.05) is 36.4 Å². The SMILES string of the molecule is O=C(O)CCC(=O)c1ccc(-c2ccccc2[N+](=O)[O-])cc1. The van der Waals surface area contributed by atoms with Crippen molar-refractivity contribution in [3.05, 3.63) is 64.2 Å². The summed E-state index contributed by atoms with van der Waals surface area (Å²) < 4.78 is 0. The summed E-state index contributed by atoms with van der Waals surface area (Å²) in [4.78, 5) is 32.8. The first-order valence-corrected chi connectivity index (χ1v) is 6.58. The molecule has 0 aliphatic carbocycles. The Morgan fingerprint density at radius 1 is 1.00 bits per heavy atom. The number of carboxylic acid groups (broad SMARTS) is 1. The number of nitro groups is 1. The monoisotopic (exact) mass is 299 g/mol. The predicted molar refractivity (Wildman–Crippen MR) is 79.7 cm³/mol. The smallest absolute Gasteiger partial charge is 0.303 e. The molecule has 0 bridgehead atoms. The summed E-state index contributed by atoms with van der Waals surface area (Å²) in [5.41, 5.74) is 1.48. The van der Waals surface area contributed by atoms with Crippen molar-refractivity contribution < 1.29 is 19.6 Å². The lowest BCUT2D eigenvalue weighted by Gasteiger charge is -2.04. The Morgan fingerprint density at radius 2 is 1.64 bits per heavy atom. The molecular weight excluding hydrogens is 286 g/mol. The van der Waals surface area contributed by atoms with Gasteiger partial charge in [0.05, 0.1) is 16.9 Å². The van der Waals surface area contributed by atoms with Crippen LogP contribution in [0.2, 0.25) is 0 Å². The fraction of sp³-hybridized carbons (Fsp3) is 0.125. The van der Waals surface area contributed by atoms with Gasteiger partial charge in [-0.3, -0.25) is 19.7 Å². The van der Waals surface area contributed by atoms with E-state index in [1.165, 1.54) is 6.07 Å². The lowest BCUT2D eigenvalue weighted by molar-refractivity contribution is -0.384. The topological polar surface area (TPSA) is 97.5 Å². The minimum Gasteiger partial charge on any atom is -0.481 e. The Hall–Kier alpha value is -3.02. The van der Waals surface area contributed by atoms with Crippen LogP contribution in [0.4, 0.5) is 5.69 Å². The van der Waals surface area contributed by atoms with E-state index in [1.54, 1.807) is 42.5 Å². The van der Waals surface area contributed by atoms with E-state index in [9.17, 15) is 19.7 Å². The van der Waals surface area contributed by atoms with Crippen LogP contribution in [0.15, 0.2) is 48.5 Å². The second-order valence-corrected chi connectivity index (χ2v) is 4.67. The van der Waals surface area contributed by atoms with Gasteiger partial charge in [0, 0.05) is 18.1 Å². The number of rotatable bonds is 6. The summed E-state index contributed by atoms with van der Waals surface area (Å²) in [6.45, 7) is 0. The van der Waals surface area contributed by atoms with Crippen molar-refractivity contribution in [1.82, 2.24) is 0 Å². The van der Waals surface area contributed by atoms with Gasteiger partial charge in [0.15, 0.2) is 5.78 Å². The fourth-order valence-electron chi connectivity index (χ4n) is 2.08. The quantitative estimate of drug-likeness (QED) is 0.501. The average Bonchev–Trinajstić information content (AvgIpc) is 2.52. The minimum atomic E-state index is -1.02. The number of Topliss-reactive ketones (excluding diaryl/α,β-unsaturated/α-hetero) is 1. The van der Waals surface area contributed by atoms with E-state index in [0.717, 1.165) is 0 Å². The molecule has 0 radical (unpaired) electrons. The molecule has 2 rings (SSSR count). The van der Waals surface area contributed by atoms with Crippen molar-refractivity contribution in [2.45, 2.75) is 12.8 Å². The molecule has 0 aliphatic heterocycles. The maximum atomic E-state index is 11.8. The summed E-state index contributed by atoms with van der Waals surface area (Å²) in [5.74, 6) is -1.29. The van der Waals surface area contributed by atoms with Crippen LogP contribution < -0.4 is 0 Å². The number of carbonyl (C=O) groups excluding carboxylic acids is 1. The zero-order valence-corrected chi connectivity index (χ0v) is 11.6. The maximum absolute atomic E-state index is 11.8. The second-order valence-electron chi connectivity index (χ2n) is 4.67. The molecule has 2 aromatic rings. The fourth-order valence-corrected chi connectivity index (χ4v) is 2.08. The highest BCUT2D eigenvalue weighted by Gasteiger charge is 2.14. The first kappa shape index (κ1) is 15.4. The zero-order valence-electron chi connectivity index (χ0n) is 11.6. The molecule has 0 saturated carbocycles. The van der Waals surface area contributed by atoms with Gasteiger partial charge in [-0.2, -0.15) is 0 Å². The van der Waals surface area contributed by atoms with Crippen LogP contribution in [0.25, 0.3) is 11.1 Å². The standard InChI is InChI=1S/C16H13NO5/c18-15(9-10-16(19)20)12-7-5-11(6-8-12)13-3-1-2-4-14(13)17(21)22/h1-8H,9-10H2,(H,19,20). The molecule has 1 N–H and O–H groups in total. The van der Waals surface area contributed by atoms with Crippen LogP contribution in [0, 0.1) is 10.1 Å². The molecule has 6 nitrogen and oxygen atoms in total. The highest BCUT2D eigenvalue weighted by molar-refractivity contribution is 5.97. The molecule has 0 heterocycles. The molecule has 0 saturated heterocycles. The highest BCUT2D eigenvalue weighted by Crippen LogP contribution is 2.29. The number of carbonyl (C=O) groups is 2. The summed E-state index contributed by atoms with van der Waals surface area (Å²) in [6, 6.07) is 12.7. The van der Waals surface area contributed by atoms with Crippen LogP contribution in [-0.4, -0.2) is 21.8 Å². The molecule has 0 aliphatic rings. The van der Waals surface area contributed by atoms with Crippen molar-refractivity contribution in [3.63, 3.8) is 0 Å². The maximum Gasteiger partial charge on any atom is 0.303 e. The number of ketones is 1. The van der Waals surface area contributed by atoms with E-state index < -0.39 is 10.9 Å². The Labute approximate surface area is 126 Å². The molecule has 2 aromatic carbocycles. The third-order valence-electron chi connectivity index (χ3n) is 3.18. The van der Waals surface area contributed by atoms with E-state index in [4.69, 9.17) is 5.11 Å². The Bertz CT molecular complexity index is 722.